The van der Waals surface area contributed by atoms with Gasteiger partial charge in [0, 0.05) is 0 Å². The van der Waals surface area contributed by atoms with Crippen LogP contribution >= 0.6 is 0 Å². The number of rotatable bonds is 9. The Kier molecular flexibility index (Phi) is 8.32. The summed E-state index contributed by atoms with van der Waals surface area (Å²) in [7, 11) is 0. The normalized spacial score (nSPS) is 19.3. The van der Waals surface area contributed by atoms with Gasteiger partial charge in [0.25, 0.3) is 0 Å². The minimum absolute atomic E-state index is 0.491. The summed E-state index contributed by atoms with van der Waals surface area (Å²) in [5.74, 6) is 4.24. The summed E-state index contributed by atoms with van der Waals surface area (Å²) < 4.78 is 0. The molecule has 4 atom stereocenters. The quantitative estimate of drug-likeness (QED) is 0.431. The van der Waals surface area contributed by atoms with Crippen LogP contribution in [0.25, 0.3) is 0 Å². The Balaban J connectivity index is 4.31. The highest BCUT2D eigenvalue weighted by Crippen LogP contribution is 2.39. The zero-order valence-corrected chi connectivity index (χ0v) is 15.2. The lowest BCUT2D eigenvalue weighted by Crippen LogP contribution is -2.26. The van der Waals surface area contributed by atoms with Gasteiger partial charge in [-0.3, -0.25) is 0 Å². The van der Waals surface area contributed by atoms with Gasteiger partial charge in [0.15, 0.2) is 0 Å². The van der Waals surface area contributed by atoms with Crippen LogP contribution in [0.15, 0.2) is 0 Å². The smallest absolute Gasteiger partial charge is 0.0328 e. The molecule has 0 fully saturated rings. The molecule has 0 aromatic heterocycles. The van der Waals surface area contributed by atoms with Crippen LogP contribution in [0.1, 0.15) is 88.0 Å². The summed E-state index contributed by atoms with van der Waals surface area (Å²) in [5, 5.41) is 0. The van der Waals surface area contributed by atoms with E-state index in [4.69, 9.17) is 0 Å². The fourth-order valence-corrected chi connectivity index (χ4v) is 2.69. The summed E-state index contributed by atoms with van der Waals surface area (Å²) in [6.07, 6.45) is 5.46. The lowest BCUT2D eigenvalue weighted by Gasteiger charge is -2.36. The van der Waals surface area contributed by atoms with Crippen molar-refractivity contribution < 1.29 is 0 Å². The largest absolute Gasteiger partial charge is 0.0651 e. The molecule has 0 aliphatic heterocycles. The molecule has 4 unspecified atom stereocenters. The molecule has 0 radical (unpaired) electrons. The van der Waals surface area contributed by atoms with Crippen molar-refractivity contribution in [3.05, 3.63) is 0 Å². The molecule has 0 spiro atoms. The Bertz CT molecular complexity index is 226. The van der Waals surface area contributed by atoms with Crippen molar-refractivity contribution >= 4 is 0 Å². The average molecular weight is 269 g/mol. The van der Waals surface area contributed by atoms with E-state index in [0.717, 1.165) is 29.6 Å². The summed E-state index contributed by atoms with van der Waals surface area (Å²) >= 11 is 0. The fraction of sp³-hybridized carbons (Fsp3) is 1.00. The van der Waals surface area contributed by atoms with E-state index in [-0.39, 0.29) is 0 Å². The molecule has 0 heteroatoms. The highest BCUT2D eigenvalue weighted by atomic mass is 14.3. The van der Waals surface area contributed by atoms with Gasteiger partial charge < -0.3 is 0 Å². The lowest BCUT2D eigenvalue weighted by atomic mass is 9.70. The second-order valence-electron chi connectivity index (χ2n) is 8.25. The van der Waals surface area contributed by atoms with E-state index in [9.17, 15) is 0 Å². The van der Waals surface area contributed by atoms with Gasteiger partial charge in [0.05, 0.1) is 0 Å². The van der Waals surface area contributed by atoms with Crippen LogP contribution in [0, 0.1) is 35.0 Å². The Morgan fingerprint density at radius 3 is 1.74 bits per heavy atom. The molecule has 0 aromatic carbocycles. The van der Waals surface area contributed by atoms with E-state index in [2.05, 4.69) is 62.3 Å². The molecule has 0 amide bonds. The number of hydrogen-bond acceptors (Lipinski definition) is 0. The van der Waals surface area contributed by atoms with Crippen molar-refractivity contribution in [3.8, 4) is 0 Å². The van der Waals surface area contributed by atoms with E-state index in [1.807, 2.05) is 0 Å². The third-order valence-corrected chi connectivity index (χ3v) is 6.06. The molecule has 0 saturated heterocycles. The fourth-order valence-electron chi connectivity index (χ4n) is 2.69. The van der Waals surface area contributed by atoms with E-state index < -0.39 is 0 Å². The Morgan fingerprint density at radius 2 is 1.32 bits per heavy atom. The summed E-state index contributed by atoms with van der Waals surface area (Å²) in [5.41, 5.74) is 0.491. The maximum atomic E-state index is 2.48. The molecule has 0 rings (SSSR count). The maximum Gasteiger partial charge on any atom is -0.0328 e. The van der Waals surface area contributed by atoms with Crippen molar-refractivity contribution in [1.29, 1.82) is 0 Å². The molecule has 0 nitrogen and oxygen atoms in total. The number of hydrogen-bond donors (Lipinski definition) is 0. The van der Waals surface area contributed by atoms with Crippen LogP contribution in [0.3, 0.4) is 0 Å². The lowest BCUT2D eigenvalue weighted by molar-refractivity contribution is 0.147. The van der Waals surface area contributed by atoms with Gasteiger partial charge >= 0.3 is 0 Å². The van der Waals surface area contributed by atoms with Gasteiger partial charge in [-0.25, -0.2) is 0 Å². The molecule has 0 saturated carbocycles. The monoisotopic (exact) mass is 268 g/mol. The maximum absolute atomic E-state index is 2.48. The zero-order chi connectivity index (χ0) is 15.2. The van der Waals surface area contributed by atoms with Crippen LogP contribution in [0.5, 0.6) is 0 Å². The standard InChI is InChI=1S/C19H40/c1-10-15(4)17(6)13-18(7)19(8,9)12-11-16(5)14(2)3/h14-18H,10-13H2,1-9H3. The van der Waals surface area contributed by atoms with Crippen LogP contribution < -0.4 is 0 Å². The minimum atomic E-state index is 0.491. The molecule has 0 aromatic rings. The summed E-state index contributed by atoms with van der Waals surface area (Å²) in [6, 6.07) is 0. The van der Waals surface area contributed by atoms with Gasteiger partial charge in [0.2, 0.25) is 0 Å². The molecule has 0 aliphatic carbocycles. The predicted octanol–water partition coefficient (Wildman–Crippen LogP) is 6.79. The molecule has 0 N–H and O–H groups in total. The molecule has 19 heavy (non-hydrogen) atoms. The Hall–Kier alpha value is 0. The second kappa shape index (κ2) is 8.32. The highest BCUT2D eigenvalue weighted by molar-refractivity contribution is 4.79. The molecular formula is C19H40. The van der Waals surface area contributed by atoms with Gasteiger partial charge in [-0.1, -0.05) is 68.7 Å². The van der Waals surface area contributed by atoms with Crippen LogP contribution in [-0.4, -0.2) is 0 Å². The minimum Gasteiger partial charge on any atom is -0.0651 e. The van der Waals surface area contributed by atoms with Crippen LogP contribution in [0.4, 0.5) is 0 Å². The van der Waals surface area contributed by atoms with Crippen LogP contribution in [-0.2, 0) is 0 Å². The van der Waals surface area contributed by atoms with Gasteiger partial charge in [0.1, 0.15) is 0 Å². The first-order valence-corrected chi connectivity index (χ1v) is 8.61. The Morgan fingerprint density at radius 1 is 0.789 bits per heavy atom. The van der Waals surface area contributed by atoms with E-state index in [1.165, 1.54) is 25.7 Å². The SMILES string of the molecule is CCC(C)C(C)CC(C)C(C)(C)CCC(C)C(C)C. The zero-order valence-electron chi connectivity index (χ0n) is 15.2. The summed E-state index contributed by atoms with van der Waals surface area (Å²) in [6.45, 7) is 21.7. The van der Waals surface area contributed by atoms with Crippen LogP contribution in [0.2, 0.25) is 0 Å². The third-order valence-electron chi connectivity index (χ3n) is 6.06. The molecule has 0 aliphatic rings. The van der Waals surface area contributed by atoms with E-state index in [1.54, 1.807) is 0 Å². The van der Waals surface area contributed by atoms with Crippen molar-refractivity contribution in [2.24, 2.45) is 35.0 Å². The van der Waals surface area contributed by atoms with E-state index >= 15 is 0 Å². The predicted molar refractivity (Wildman–Crippen MR) is 89.4 cm³/mol. The molecule has 0 bridgehead atoms. The topological polar surface area (TPSA) is 0 Å². The Labute approximate surface area is 123 Å². The molecular weight excluding hydrogens is 228 g/mol. The highest BCUT2D eigenvalue weighted by Gasteiger charge is 2.28. The second-order valence-corrected chi connectivity index (χ2v) is 8.25. The first-order chi connectivity index (χ1) is 8.61. The first kappa shape index (κ1) is 19.0. The van der Waals surface area contributed by atoms with Crippen molar-refractivity contribution in [3.63, 3.8) is 0 Å². The first-order valence-electron chi connectivity index (χ1n) is 8.61. The van der Waals surface area contributed by atoms with E-state index in [0.29, 0.717) is 5.41 Å². The average Bonchev–Trinajstić information content (AvgIpc) is 2.34. The van der Waals surface area contributed by atoms with Crippen molar-refractivity contribution in [1.82, 2.24) is 0 Å². The van der Waals surface area contributed by atoms with Gasteiger partial charge in [-0.15, -0.1) is 0 Å². The third kappa shape index (κ3) is 6.82. The summed E-state index contributed by atoms with van der Waals surface area (Å²) in [4.78, 5) is 0. The molecule has 116 valence electrons. The molecule has 0 heterocycles. The van der Waals surface area contributed by atoms with Gasteiger partial charge in [-0.05, 0) is 54.3 Å². The van der Waals surface area contributed by atoms with Crippen molar-refractivity contribution in [2.45, 2.75) is 88.0 Å². The van der Waals surface area contributed by atoms with Gasteiger partial charge in [-0.2, -0.15) is 0 Å². The van der Waals surface area contributed by atoms with Crippen molar-refractivity contribution in [2.75, 3.05) is 0 Å².